The molecule has 1 aromatic carbocycles. The van der Waals surface area contributed by atoms with Crippen LogP contribution in [0.4, 0.5) is 0 Å². The van der Waals surface area contributed by atoms with Gasteiger partial charge in [0.15, 0.2) is 11.5 Å². The molecule has 1 amide bonds. The number of fused-ring (bicyclic) bond motifs is 1. The molecule has 7 nitrogen and oxygen atoms in total. The molecule has 0 unspecified atom stereocenters. The summed E-state index contributed by atoms with van der Waals surface area (Å²) < 4.78 is 28.1. The number of sulfonamides is 1. The van der Waals surface area contributed by atoms with Gasteiger partial charge in [0, 0.05) is 12.6 Å². The summed E-state index contributed by atoms with van der Waals surface area (Å²) in [5.74, 6) is -1.11. The van der Waals surface area contributed by atoms with Crippen molar-refractivity contribution in [3.8, 4) is 0 Å². The fraction of sp³-hybridized carbons (Fsp3) is 0.222. The maximum Gasteiger partial charge on any atom is 0.286 e. The minimum atomic E-state index is -3.75. The number of carbonyl (C=O) groups is 2. The second-order valence-corrected chi connectivity index (χ2v) is 7.72. The van der Waals surface area contributed by atoms with Gasteiger partial charge in [0.1, 0.15) is 6.10 Å². The highest BCUT2D eigenvalue weighted by Crippen LogP contribution is 2.27. The Kier molecular flexibility index (Phi) is 4.80. The molecule has 1 heterocycles. The third kappa shape index (κ3) is 3.92. The number of allylic oxidation sites excluding steroid dienone is 3. The first kappa shape index (κ1) is 18.1. The molecule has 8 heteroatoms. The third-order valence-electron chi connectivity index (χ3n) is 4.14. The molecule has 26 heavy (non-hydrogen) atoms. The molecule has 0 radical (unpaired) electrons. The summed E-state index contributed by atoms with van der Waals surface area (Å²) in [6.07, 6.45) is 6.17. The van der Waals surface area contributed by atoms with E-state index in [1.54, 1.807) is 18.2 Å². The Labute approximate surface area is 151 Å². The standard InChI is InChI=1S/C18H18N2O5S/c1-11-2-7-16-14(8-11)15(21)9-17(25-16)18(22)20-10-12-3-5-13(6-4-12)26(19,23)24/h2-9,14,16H,10H2,1H3,(H,20,22)(H2,19,23,24)/t14-,16-/m0/s1. The molecular formula is C18H18N2O5S. The molecule has 0 spiro atoms. The molecule has 1 aliphatic carbocycles. The zero-order valence-electron chi connectivity index (χ0n) is 14.0. The van der Waals surface area contributed by atoms with Crippen LogP contribution in [0.3, 0.4) is 0 Å². The van der Waals surface area contributed by atoms with Crippen molar-refractivity contribution < 1.29 is 22.7 Å². The van der Waals surface area contributed by atoms with Gasteiger partial charge in [-0.05, 0) is 30.7 Å². The van der Waals surface area contributed by atoms with E-state index in [2.05, 4.69) is 5.32 Å². The maximum atomic E-state index is 12.3. The van der Waals surface area contributed by atoms with Crippen molar-refractivity contribution in [2.24, 2.45) is 11.1 Å². The van der Waals surface area contributed by atoms with E-state index in [0.29, 0.717) is 5.56 Å². The van der Waals surface area contributed by atoms with Crippen LogP contribution in [-0.2, 0) is 30.9 Å². The van der Waals surface area contributed by atoms with Gasteiger partial charge in [-0.3, -0.25) is 9.59 Å². The lowest BCUT2D eigenvalue weighted by molar-refractivity contribution is -0.128. The summed E-state index contributed by atoms with van der Waals surface area (Å²) in [5, 5.41) is 7.69. The van der Waals surface area contributed by atoms with E-state index in [9.17, 15) is 18.0 Å². The Bertz CT molecular complexity index is 942. The second-order valence-electron chi connectivity index (χ2n) is 6.16. The Morgan fingerprint density at radius 2 is 1.96 bits per heavy atom. The van der Waals surface area contributed by atoms with Gasteiger partial charge in [-0.15, -0.1) is 0 Å². The summed E-state index contributed by atoms with van der Waals surface area (Å²) in [7, 11) is -3.75. The highest BCUT2D eigenvalue weighted by atomic mass is 32.2. The van der Waals surface area contributed by atoms with Crippen molar-refractivity contribution in [1.82, 2.24) is 5.32 Å². The molecule has 1 aliphatic heterocycles. The Morgan fingerprint density at radius 3 is 2.62 bits per heavy atom. The Morgan fingerprint density at radius 1 is 1.27 bits per heavy atom. The fourth-order valence-electron chi connectivity index (χ4n) is 2.75. The lowest BCUT2D eigenvalue weighted by atomic mass is 9.88. The van der Waals surface area contributed by atoms with E-state index in [-0.39, 0.29) is 23.0 Å². The molecule has 2 aliphatic rings. The number of primary sulfonamides is 1. The van der Waals surface area contributed by atoms with Gasteiger partial charge in [-0.1, -0.05) is 29.9 Å². The largest absolute Gasteiger partial charge is 0.479 e. The highest BCUT2D eigenvalue weighted by molar-refractivity contribution is 7.89. The lowest BCUT2D eigenvalue weighted by Gasteiger charge is -2.29. The van der Waals surface area contributed by atoms with Crippen LogP contribution in [0.1, 0.15) is 12.5 Å². The first-order valence-corrected chi connectivity index (χ1v) is 9.47. The van der Waals surface area contributed by atoms with Gasteiger partial charge in [-0.2, -0.15) is 0 Å². The number of amides is 1. The van der Waals surface area contributed by atoms with Crippen LogP contribution < -0.4 is 10.5 Å². The van der Waals surface area contributed by atoms with Crippen LogP contribution in [0.2, 0.25) is 0 Å². The molecule has 0 fully saturated rings. The molecule has 1 aromatic rings. The average molecular weight is 374 g/mol. The number of hydrogen-bond acceptors (Lipinski definition) is 5. The van der Waals surface area contributed by atoms with Crippen molar-refractivity contribution >= 4 is 21.7 Å². The number of ketones is 1. The maximum absolute atomic E-state index is 12.3. The zero-order chi connectivity index (χ0) is 18.9. The van der Waals surface area contributed by atoms with Crippen LogP contribution in [-0.4, -0.2) is 26.2 Å². The zero-order valence-corrected chi connectivity index (χ0v) is 14.8. The van der Waals surface area contributed by atoms with Gasteiger partial charge in [-0.25, -0.2) is 13.6 Å². The van der Waals surface area contributed by atoms with E-state index < -0.39 is 28.0 Å². The first-order valence-electron chi connectivity index (χ1n) is 7.93. The molecule has 0 saturated heterocycles. The molecule has 3 rings (SSSR count). The van der Waals surface area contributed by atoms with E-state index in [0.717, 1.165) is 5.57 Å². The second kappa shape index (κ2) is 6.89. The van der Waals surface area contributed by atoms with Crippen LogP contribution in [0, 0.1) is 5.92 Å². The molecule has 0 bridgehead atoms. The number of nitrogens with one attached hydrogen (secondary N) is 1. The fourth-order valence-corrected chi connectivity index (χ4v) is 3.26. The average Bonchev–Trinajstić information content (AvgIpc) is 2.59. The molecule has 0 saturated carbocycles. The van der Waals surface area contributed by atoms with Gasteiger partial charge in [0.25, 0.3) is 5.91 Å². The normalized spacial score (nSPS) is 22.0. The van der Waals surface area contributed by atoms with Crippen LogP contribution >= 0.6 is 0 Å². The molecule has 0 aromatic heterocycles. The lowest BCUT2D eigenvalue weighted by Crippen LogP contribution is -2.37. The number of benzene rings is 1. The number of hydrogen-bond donors (Lipinski definition) is 2. The number of rotatable bonds is 4. The molecular weight excluding hydrogens is 356 g/mol. The minimum Gasteiger partial charge on any atom is -0.479 e. The van der Waals surface area contributed by atoms with Crippen molar-refractivity contribution in [2.45, 2.75) is 24.5 Å². The quantitative estimate of drug-likeness (QED) is 0.814. The predicted octanol–water partition coefficient (Wildman–Crippen LogP) is 0.934. The van der Waals surface area contributed by atoms with Crippen molar-refractivity contribution in [1.29, 1.82) is 0 Å². The summed E-state index contributed by atoms with van der Waals surface area (Å²) in [5.41, 5.74) is 1.66. The SMILES string of the molecule is CC1=C[C@H]2C(=O)C=C(C(=O)NCc3ccc(S(N)(=O)=O)cc3)O[C@H]2C=C1. The van der Waals surface area contributed by atoms with Crippen molar-refractivity contribution in [3.63, 3.8) is 0 Å². The topological polar surface area (TPSA) is 116 Å². The van der Waals surface area contributed by atoms with Crippen LogP contribution in [0.15, 0.2) is 64.8 Å². The van der Waals surface area contributed by atoms with E-state index >= 15 is 0 Å². The van der Waals surface area contributed by atoms with Crippen molar-refractivity contribution in [3.05, 3.63) is 65.5 Å². The van der Waals surface area contributed by atoms with Gasteiger partial charge < -0.3 is 10.1 Å². The highest BCUT2D eigenvalue weighted by Gasteiger charge is 2.34. The van der Waals surface area contributed by atoms with Gasteiger partial charge >= 0.3 is 0 Å². The summed E-state index contributed by atoms with van der Waals surface area (Å²) in [4.78, 5) is 24.5. The molecule has 136 valence electrons. The number of ether oxygens (including phenoxy) is 1. The van der Waals surface area contributed by atoms with E-state index in [1.807, 2.05) is 19.1 Å². The minimum absolute atomic E-state index is 0.00466. The monoisotopic (exact) mass is 374 g/mol. The third-order valence-corrected chi connectivity index (χ3v) is 5.07. The van der Waals surface area contributed by atoms with E-state index in [4.69, 9.17) is 9.88 Å². The molecule has 2 atom stereocenters. The van der Waals surface area contributed by atoms with Gasteiger partial charge in [0.05, 0.1) is 10.8 Å². The summed E-state index contributed by atoms with van der Waals surface area (Å²) >= 11 is 0. The van der Waals surface area contributed by atoms with Crippen molar-refractivity contribution in [2.75, 3.05) is 0 Å². The Hall–Kier alpha value is -2.71. The van der Waals surface area contributed by atoms with E-state index in [1.165, 1.54) is 18.2 Å². The number of nitrogens with two attached hydrogens (primary N) is 1. The van der Waals surface area contributed by atoms with Gasteiger partial charge in [0.2, 0.25) is 10.0 Å². The number of carbonyl (C=O) groups excluding carboxylic acids is 2. The summed E-state index contributed by atoms with van der Waals surface area (Å²) in [6, 6.07) is 5.83. The van der Waals surface area contributed by atoms with Crippen LogP contribution in [0.25, 0.3) is 0 Å². The summed E-state index contributed by atoms with van der Waals surface area (Å²) in [6.45, 7) is 2.05. The van der Waals surface area contributed by atoms with Crippen LogP contribution in [0.5, 0.6) is 0 Å². The Balaban J connectivity index is 1.65. The first-order chi connectivity index (χ1) is 12.2. The molecule has 3 N–H and O–H groups in total. The smallest absolute Gasteiger partial charge is 0.286 e. The predicted molar refractivity (Wildman–Crippen MR) is 94.0 cm³/mol.